The average molecular weight is 472 g/mol. The third-order valence-electron chi connectivity index (χ3n) is 5.94. The largest absolute Gasteiger partial charge is 0.417 e. The van der Waals surface area contributed by atoms with Gasteiger partial charge in [0.2, 0.25) is 5.91 Å². The predicted octanol–water partition coefficient (Wildman–Crippen LogP) is 1.73. The number of anilines is 1. The minimum atomic E-state index is -4.82. The van der Waals surface area contributed by atoms with E-state index >= 15 is 0 Å². The fraction of sp³-hybridized carbons (Fsp3) is 0.500. The van der Waals surface area contributed by atoms with E-state index in [1.807, 2.05) is 0 Å². The monoisotopic (exact) mass is 471 g/mol. The van der Waals surface area contributed by atoms with E-state index in [0.717, 1.165) is 18.2 Å². The Morgan fingerprint density at radius 2 is 1.94 bits per heavy atom. The molecule has 2 atom stereocenters. The Bertz CT molecular complexity index is 1160. The summed E-state index contributed by atoms with van der Waals surface area (Å²) >= 11 is 0. The Labute approximate surface area is 183 Å². The molecule has 1 aromatic carbocycles. The SMILES string of the molecule is Cc1cc(N2C[C@H](S(=O)(=O)c3ccccc3C(F)(F)F)C[C@H]2C(=O)NC2(N)CC2)n(C)n1. The first-order valence-electron chi connectivity index (χ1n) is 10.1. The van der Waals surface area contributed by atoms with Gasteiger partial charge in [0.05, 0.1) is 27.1 Å². The molecule has 1 aliphatic heterocycles. The van der Waals surface area contributed by atoms with Crippen LogP contribution in [-0.4, -0.2) is 47.6 Å². The van der Waals surface area contributed by atoms with Gasteiger partial charge in [-0.25, -0.2) is 8.42 Å². The van der Waals surface area contributed by atoms with Crippen molar-refractivity contribution in [2.75, 3.05) is 11.4 Å². The van der Waals surface area contributed by atoms with Crippen molar-refractivity contribution in [1.29, 1.82) is 0 Å². The number of carbonyl (C=O) groups excluding carboxylic acids is 1. The van der Waals surface area contributed by atoms with E-state index in [-0.39, 0.29) is 13.0 Å². The van der Waals surface area contributed by atoms with Crippen LogP contribution < -0.4 is 16.0 Å². The summed E-state index contributed by atoms with van der Waals surface area (Å²) in [6.45, 7) is 1.60. The minimum Gasteiger partial charge on any atom is -0.343 e. The maximum atomic E-state index is 13.5. The summed E-state index contributed by atoms with van der Waals surface area (Å²) in [5, 5.41) is 5.77. The number of halogens is 3. The van der Waals surface area contributed by atoms with Crippen molar-refractivity contribution in [3.05, 3.63) is 41.6 Å². The summed E-state index contributed by atoms with van der Waals surface area (Å²) in [5.41, 5.74) is 4.63. The quantitative estimate of drug-likeness (QED) is 0.643. The smallest absolute Gasteiger partial charge is 0.343 e. The summed E-state index contributed by atoms with van der Waals surface area (Å²) < 4.78 is 68.7. The molecule has 2 fully saturated rings. The number of aromatic nitrogens is 2. The second-order valence-corrected chi connectivity index (χ2v) is 10.7. The summed E-state index contributed by atoms with van der Waals surface area (Å²) in [4.78, 5) is 13.8. The molecule has 1 aliphatic carbocycles. The van der Waals surface area contributed by atoms with Gasteiger partial charge in [-0.3, -0.25) is 9.48 Å². The van der Waals surface area contributed by atoms with E-state index in [4.69, 9.17) is 5.73 Å². The molecule has 0 radical (unpaired) electrons. The predicted molar refractivity (Wildman–Crippen MR) is 110 cm³/mol. The Kier molecular flexibility index (Phi) is 5.28. The van der Waals surface area contributed by atoms with Crippen LogP contribution in [0.25, 0.3) is 0 Å². The van der Waals surface area contributed by atoms with Crippen LogP contribution in [0, 0.1) is 6.92 Å². The number of nitrogens with zero attached hydrogens (tertiary/aromatic N) is 3. The topological polar surface area (TPSA) is 110 Å². The van der Waals surface area contributed by atoms with Gasteiger partial charge in [0.25, 0.3) is 0 Å². The zero-order valence-corrected chi connectivity index (χ0v) is 18.4. The summed E-state index contributed by atoms with van der Waals surface area (Å²) in [5.74, 6) is 0.0528. The van der Waals surface area contributed by atoms with Crippen molar-refractivity contribution in [1.82, 2.24) is 15.1 Å². The highest BCUT2D eigenvalue weighted by Gasteiger charge is 2.49. The van der Waals surface area contributed by atoms with Crippen LogP contribution in [-0.2, 0) is 27.9 Å². The number of amides is 1. The lowest BCUT2D eigenvalue weighted by atomic mass is 10.2. The van der Waals surface area contributed by atoms with Crippen molar-refractivity contribution in [2.45, 2.75) is 54.2 Å². The van der Waals surface area contributed by atoms with Gasteiger partial charge in [0, 0.05) is 19.7 Å². The Hall–Kier alpha value is -2.60. The zero-order chi connectivity index (χ0) is 23.5. The second-order valence-electron chi connectivity index (χ2n) is 8.48. The van der Waals surface area contributed by atoms with E-state index in [0.29, 0.717) is 24.4 Å². The molecule has 0 bridgehead atoms. The van der Waals surface area contributed by atoms with Gasteiger partial charge in [-0.05, 0) is 38.3 Å². The highest BCUT2D eigenvalue weighted by atomic mass is 32.2. The van der Waals surface area contributed by atoms with Gasteiger partial charge in [0.1, 0.15) is 11.9 Å². The number of hydrogen-bond donors (Lipinski definition) is 2. The lowest BCUT2D eigenvalue weighted by Crippen LogP contribution is -2.51. The van der Waals surface area contributed by atoms with Crippen LogP contribution in [0.3, 0.4) is 0 Å². The van der Waals surface area contributed by atoms with Crippen LogP contribution in [0.15, 0.2) is 35.2 Å². The molecule has 1 saturated carbocycles. The molecule has 3 N–H and O–H groups in total. The van der Waals surface area contributed by atoms with E-state index in [1.165, 1.54) is 10.7 Å². The Morgan fingerprint density at radius 1 is 1.28 bits per heavy atom. The number of nitrogens with one attached hydrogen (secondary N) is 1. The van der Waals surface area contributed by atoms with Crippen molar-refractivity contribution in [3.8, 4) is 0 Å². The Balaban J connectivity index is 1.71. The molecule has 4 rings (SSSR count). The van der Waals surface area contributed by atoms with Gasteiger partial charge >= 0.3 is 6.18 Å². The van der Waals surface area contributed by atoms with Crippen LogP contribution >= 0.6 is 0 Å². The molecule has 2 heterocycles. The van der Waals surface area contributed by atoms with E-state index < -0.39 is 49.3 Å². The number of benzene rings is 1. The number of nitrogens with two attached hydrogens (primary N) is 1. The molecule has 0 spiro atoms. The number of alkyl halides is 3. The first-order valence-corrected chi connectivity index (χ1v) is 11.6. The maximum Gasteiger partial charge on any atom is 0.417 e. The van der Waals surface area contributed by atoms with Gasteiger partial charge in [0.15, 0.2) is 9.84 Å². The number of hydrogen-bond acceptors (Lipinski definition) is 6. The van der Waals surface area contributed by atoms with Gasteiger partial charge < -0.3 is 16.0 Å². The highest BCUT2D eigenvalue weighted by Crippen LogP contribution is 2.39. The number of rotatable bonds is 5. The molecular weight excluding hydrogens is 447 g/mol. The molecule has 1 aromatic heterocycles. The van der Waals surface area contributed by atoms with E-state index in [9.17, 15) is 26.4 Å². The number of sulfone groups is 1. The lowest BCUT2D eigenvalue weighted by molar-refractivity contribution is -0.139. The van der Waals surface area contributed by atoms with Crippen LogP contribution in [0.1, 0.15) is 30.5 Å². The summed E-state index contributed by atoms with van der Waals surface area (Å²) in [6, 6.07) is 4.91. The highest BCUT2D eigenvalue weighted by molar-refractivity contribution is 7.92. The maximum absolute atomic E-state index is 13.5. The lowest BCUT2D eigenvalue weighted by Gasteiger charge is -2.26. The van der Waals surface area contributed by atoms with Crippen LogP contribution in [0.5, 0.6) is 0 Å². The first-order chi connectivity index (χ1) is 14.8. The Morgan fingerprint density at radius 3 is 2.50 bits per heavy atom. The molecular formula is C20H24F3N5O3S. The molecule has 0 unspecified atom stereocenters. The standard InChI is InChI=1S/C20H24F3N5O3S/c1-12-9-17(27(2)26-12)28-11-13(10-15(28)18(29)25-19(24)7-8-19)32(30,31)16-6-4-3-5-14(16)20(21,22)23/h3-6,9,13,15H,7-8,10-11,24H2,1-2H3,(H,25,29)/t13-,15+/m1/s1. The molecule has 1 saturated heterocycles. The molecule has 174 valence electrons. The third kappa shape index (κ3) is 4.08. The average Bonchev–Trinajstić information content (AvgIpc) is 3.11. The van der Waals surface area contributed by atoms with Gasteiger partial charge in [-0.1, -0.05) is 12.1 Å². The molecule has 2 aromatic rings. The molecule has 12 heteroatoms. The number of aryl methyl sites for hydroxylation is 2. The normalized spacial score (nSPS) is 22.8. The van der Waals surface area contributed by atoms with Crippen LogP contribution in [0.2, 0.25) is 0 Å². The van der Waals surface area contributed by atoms with E-state index in [2.05, 4.69) is 10.4 Å². The summed E-state index contributed by atoms with van der Waals surface area (Å²) in [7, 11) is -2.74. The first kappa shape index (κ1) is 22.6. The molecule has 32 heavy (non-hydrogen) atoms. The molecule has 1 amide bonds. The van der Waals surface area contributed by atoms with Crippen LogP contribution in [0.4, 0.5) is 19.0 Å². The molecule has 2 aliphatic rings. The van der Waals surface area contributed by atoms with Crippen molar-refractivity contribution >= 4 is 21.6 Å². The van der Waals surface area contributed by atoms with Gasteiger partial charge in [-0.2, -0.15) is 18.3 Å². The van der Waals surface area contributed by atoms with Crippen molar-refractivity contribution < 1.29 is 26.4 Å². The second kappa shape index (κ2) is 7.48. The van der Waals surface area contributed by atoms with E-state index in [1.54, 1.807) is 24.9 Å². The summed E-state index contributed by atoms with van der Waals surface area (Å²) in [6.07, 6.45) is -3.77. The van der Waals surface area contributed by atoms with Crippen molar-refractivity contribution in [3.63, 3.8) is 0 Å². The number of carbonyl (C=O) groups is 1. The fourth-order valence-corrected chi connectivity index (χ4v) is 6.02. The minimum absolute atomic E-state index is 0.150. The fourth-order valence-electron chi connectivity index (χ4n) is 4.11. The van der Waals surface area contributed by atoms with Crippen molar-refractivity contribution in [2.24, 2.45) is 12.8 Å². The zero-order valence-electron chi connectivity index (χ0n) is 17.6. The third-order valence-corrected chi connectivity index (χ3v) is 8.12. The van der Waals surface area contributed by atoms with Gasteiger partial charge in [-0.15, -0.1) is 0 Å². The molecule has 8 nitrogen and oxygen atoms in total.